The number of carboxylic acids is 1. The third-order valence-electron chi connectivity index (χ3n) is 4.21. The van der Waals surface area contributed by atoms with Gasteiger partial charge >= 0.3 is 12.1 Å². The number of carbonyl (C=O) groups is 2. The van der Waals surface area contributed by atoms with Crippen LogP contribution in [0, 0.1) is 0 Å². The van der Waals surface area contributed by atoms with Gasteiger partial charge in [-0.05, 0) is 29.7 Å². The number of aliphatic hydroxyl groups is 1. The molecular formula is C20H21NO7. The number of aliphatic carboxylic acids is 1. The summed E-state index contributed by atoms with van der Waals surface area (Å²) >= 11 is 0. The smallest absolute Gasteiger partial charge is 0.407 e. The number of aliphatic hydroxyl groups excluding tert-OH is 1. The fourth-order valence-electron chi connectivity index (χ4n) is 2.80. The SMILES string of the molecule is O=C(NC(Cc1ccc2c(c1)OCCO2)C(O)C(=O)O)OCc1ccccc1. The van der Waals surface area contributed by atoms with Crippen molar-refractivity contribution in [3.63, 3.8) is 0 Å². The van der Waals surface area contributed by atoms with Crippen LogP contribution in [0.4, 0.5) is 4.79 Å². The molecule has 2 unspecified atom stereocenters. The number of carboxylic acid groups (broad SMARTS) is 1. The Morgan fingerprint density at radius 1 is 1.04 bits per heavy atom. The summed E-state index contributed by atoms with van der Waals surface area (Å²) in [6.07, 6.45) is -2.53. The van der Waals surface area contributed by atoms with Crippen molar-refractivity contribution >= 4 is 12.1 Å². The quantitative estimate of drug-likeness (QED) is 0.663. The summed E-state index contributed by atoms with van der Waals surface area (Å²) < 4.78 is 16.1. The molecule has 0 saturated carbocycles. The summed E-state index contributed by atoms with van der Waals surface area (Å²) in [5.74, 6) is -0.301. The number of nitrogens with one attached hydrogen (secondary N) is 1. The highest BCUT2D eigenvalue weighted by Gasteiger charge is 2.28. The summed E-state index contributed by atoms with van der Waals surface area (Å²) in [7, 11) is 0. The standard InChI is InChI=1S/C20H21NO7/c22-18(19(23)24)15(21-20(25)28-12-13-4-2-1-3-5-13)10-14-6-7-16-17(11-14)27-9-8-26-16/h1-7,11,15,18,22H,8-10,12H2,(H,21,25)(H,23,24). The van der Waals surface area contributed by atoms with Gasteiger partial charge in [0.15, 0.2) is 17.6 Å². The molecule has 8 heteroatoms. The number of amides is 1. The predicted octanol–water partition coefficient (Wildman–Crippen LogP) is 1.74. The molecule has 2 atom stereocenters. The maximum atomic E-state index is 12.1. The molecule has 1 heterocycles. The van der Waals surface area contributed by atoms with Crippen LogP contribution in [0.3, 0.4) is 0 Å². The molecule has 3 N–H and O–H groups in total. The maximum Gasteiger partial charge on any atom is 0.407 e. The molecule has 148 valence electrons. The zero-order valence-electron chi connectivity index (χ0n) is 15.0. The lowest BCUT2D eigenvalue weighted by atomic mass is 10.0. The molecule has 1 aliphatic rings. The summed E-state index contributed by atoms with van der Waals surface area (Å²) in [5.41, 5.74) is 1.47. The van der Waals surface area contributed by atoms with Gasteiger partial charge in [0.1, 0.15) is 19.8 Å². The predicted molar refractivity (Wildman–Crippen MR) is 98.3 cm³/mol. The molecule has 2 aromatic rings. The number of hydrogen-bond donors (Lipinski definition) is 3. The lowest BCUT2D eigenvalue weighted by Gasteiger charge is -2.23. The van der Waals surface area contributed by atoms with Gasteiger partial charge < -0.3 is 29.7 Å². The topological polar surface area (TPSA) is 114 Å². The Morgan fingerprint density at radius 3 is 2.46 bits per heavy atom. The van der Waals surface area contributed by atoms with Crippen LogP contribution in [0.5, 0.6) is 11.5 Å². The van der Waals surface area contributed by atoms with Gasteiger partial charge in [-0.25, -0.2) is 9.59 Å². The number of carbonyl (C=O) groups excluding carboxylic acids is 1. The van der Waals surface area contributed by atoms with Gasteiger partial charge in [0.05, 0.1) is 6.04 Å². The van der Waals surface area contributed by atoms with Crippen LogP contribution in [0.15, 0.2) is 48.5 Å². The van der Waals surface area contributed by atoms with Gasteiger partial charge in [-0.1, -0.05) is 36.4 Å². The Bertz CT molecular complexity index is 825. The van der Waals surface area contributed by atoms with Crippen LogP contribution >= 0.6 is 0 Å². The summed E-state index contributed by atoms with van der Waals surface area (Å²) in [6.45, 7) is 0.912. The second-order valence-electron chi connectivity index (χ2n) is 6.28. The van der Waals surface area contributed by atoms with Crippen molar-refractivity contribution in [2.75, 3.05) is 13.2 Å². The average molecular weight is 387 g/mol. The van der Waals surface area contributed by atoms with Crippen molar-refractivity contribution < 1.29 is 34.0 Å². The Balaban J connectivity index is 1.65. The molecule has 3 rings (SSSR count). The fourth-order valence-corrected chi connectivity index (χ4v) is 2.80. The molecule has 1 amide bonds. The van der Waals surface area contributed by atoms with E-state index in [4.69, 9.17) is 19.3 Å². The highest BCUT2D eigenvalue weighted by Crippen LogP contribution is 2.31. The van der Waals surface area contributed by atoms with Gasteiger partial charge in [0.2, 0.25) is 0 Å². The number of rotatable bonds is 7. The van der Waals surface area contributed by atoms with Crippen molar-refractivity contribution in [2.45, 2.75) is 25.2 Å². The van der Waals surface area contributed by atoms with Crippen molar-refractivity contribution in [1.82, 2.24) is 5.32 Å². The molecule has 0 radical (unpaired) electrons. The molecular weight excluding hydrogens is 366 g/mol. The summed E-state index contributed by atoms with van der Waals surface area (Å²) in [6, 6.07) is 13.1. The average Bonchev–Trinajstić information content (AvgIpc) is 2.72. The van der Waals surface area contributed by atoms with E-state index in [1.807, 2.05) is 18.2 Å². The van der Waals surface area contributed by atoms with Crippen LogP contribution in [-0.4, -0.2) is 47.6 Å². The first kappa shape index (κ1) is 19.5. The highest BCUT2D eigenvalue weighted by molar-refractivity contribution is 5.75. The zero-order valence-corrected chi connectivity index (χ0v) is 15.0. The van der Waals surface area contributed by atoms with E-state index in [9.17, 15) is 14.7 Å². The summed E-state index contributed by atoms with van der Waals surface area (Å²) in [4.78, 5) is 23.3. The molecule has 1 aliphatic heterocycles. The number of benzene rings is 2. The van der Waals surface area contributed by atoms with Gasteiger partial charge in [-0.2, -0.15) is 0 Å². The molecule has 0 fully saturated rings. The minimum absolute atomic E-state index is 0.0343. The first-order chi connectivity index (χ1) is 13.5. The second-order valence-corrected chi connectivity index (χ2v) is 6.28. The largest absolute Gasteiger partial charge is 0.486 e. The number of hydrogen-bond acceptors (Lipinski definition) is 6. The van der Waals surface area contributed by atoms with Crippen molar-refractivity contribution in [1.29, 1.82) is 0 Å². The Kier molecular flexibility index (Phi) is 6.33. The number of alkyl carbamates (subject to hydrolysis) is 1. The van der Waals surface area contributed by atoms with E-state index in [1.54, 1.807) is 30.3 Å². The Labute approximate surface area is 161 Å². The van der Waals surface area contributed by atoms with Gasteiger partial charge in [-0.3, -0.25) is 0 Å². The van der Waals surface area contributed by atoms with Gasteiger partial charge in [0.25, 0.3) is 0 Å². The molecule has 0 aliphatic carbocycles. The second kappa shape index (κ2) is 9.09. The summed E-state index contributed by atoms with van der Waals surface area (Å²) in [5, 5.41) is 21.6. The third-order valence-corrected chi connectivity index (χ3v) is 4.21. The number of ether oxygens (including phenoxy) is 3. The molecule has 2 aromatic carbocycles. The molecule has 0 spiro atoms. The van der Waals surface area contributed by atoms with E-state index in [0.29, 0.717) is 30.3 Å². The highest BCUT2D eigenvalue weighted by atomic mass is 16.6. The molecule has 0 aromatic heterocycles. The normalized spacial score (nSPS) is 14.6. The van der Waals surface area contributed by atoms with E-state index >= 15 is 0 Å². The monoisotopic (exact) mass is 387 g/mol. The lowest BCUT2D eigenvalue weighted by Crippen LogP contribution is -2.48. The molecule has 0 bridgehead atoms. The van der Waals surface area contributed by atoms with Crippen LogP contribution in [0.25, 0.3) is 0 Å². The van der Waals surface area contributed by atoms with Crippen molar-refractivity contribution in [3.05, 3.63) is 59.7 Å². The lowest BCUT2D eigenvalue weighted by molar-refractivity contribution is -0.148. The van der Waals surface area contributed by atoms with E-state index in [2.05, 4.69) is 5.32 Å². The van der Waals surface area contributed by atoms with E-state index in [0.717, 1.165) is 5.56 Å². The fraction of sp³-hybridized carbons (Fsp3) is 0.300. The van der Waals surface area contributed by atoms with Crippen LogP contribution in [0.2, 0.25) is 0 Å². The maximum absolute atomic E-state index is 12.1. The molecule has 8 nitrogen and oxygen atoms in total. The first-order valence-electron chi connectivity index (χ1n) is 8.79. The molecule has 28 heavy (non-hydrogen) atoms. The van der Waals surface area contributed by atoms with E-state index in [-0.39, 0.29) is 13.0 Å². The van der Waals surface area contributed by atoms with Crippen LogP contribution < -0.4 is 14.8 Å². The van der Waals surface area contributed by atoms with E-state index in [1.165, 1.54) is 0 Å². The molecule has 0 saturated heterocycles. The van der Waals surface area contributed by atoms with Crippen molar-refractivity contribution in [2.24, 2.45) is 0 Å². The minimum atomic E-state index is -1.79. The minimum Gasteiger partial charge on any atom is -0.486 e. The van der Waals surface area contributed by atoms with Gasteiger partial charge in [-0.15, -0.1) is 0 Å². The van der Waals surface area contributed by atoms with Crippen molar-refractivity contribution in [3.8, 4) is 11.5 Å². The Hall–Kier alpha value is -3.26. The Morgan fingerprint density at radius 2 is 1.75 bits per heavy atom. The van der Waals surface area contributed by atoms with Crippen LogP contribution in [-0.2, 0) is 22.6 Å². The van der Waals surface area contributed by atoms with Gasteiger partial charge in [0, 0.05) is 0 Å². The third kappa shape index (κ3) is 5.14. The zero-order chi connectivity index (χ0) is 19.9. The van der Waals surface area contributed by atoms with E-state index < -0.39 is 24.2 Å². The number of fused-ring (bicyclic) bond motifs is 1. The van der Waals surface area contributed by atoms with Crippen LogP contribution in [0.1, 0.15) is 11.1 Å². The first-order valence-corrected chi connectivity index (χ1v) is 8.79.